The SMILES string of the molecule is CCOC(=O)c1cc(OC)cc([N+](=O)[O-])c1C=O. The Hall–Kier alpha value is -2.44. The highest BCUT2D eigenvalue weighted by Crippen LogP contribution is 2.28. The summed E-state index contributed by atoms with van der Waals surface area (Å²) in [7, 11) is 1.30. The summed E-state index contributed by atoms with van der Waals surface area (Å²) in [5.74, 6) is -0.697. The van der Waals surface area contributed by atoms with Crippen molar-refractivity contribution in [3.63, 3.8) is 0 Å². The smallest absolute Gasteiger partial charge is 0.339 e. The topological polar surface area (TPSA) is 95.7 Å². The molecule has 0 atom stereocenters. The van der Waals surface area contributed by atoms with Crippen LogP contribution >= 0.6 is 0 Å². The summed E-state index contributed by atoms with van der Waals surface area (Å²) < 4.78 is 9.57. The first-order chi connectivity index (χ1) is 8.54. The maximum Gasteiger partial charge on any atom is 0.339 e. The van der Waals surface area contributed by atoms with Crippen LogP contribution in [-0.2, 0) is 4.74 Å². The Morgan fingerprint density at radius 1 is 1.50 bits per heavy atom. The van der Waals surface area contributed by atoms with Gasteiger partial charge in [-0.15, -0.1) is 0 Å². The highest BCUT2D eigenvalue weighted by Gasteiger charge is 2.24. The van der Waals surface area contributed by atoms with E-state index >= 15 is 0 Å². The molecule has 1 rings (SSSR count). The van der Waals surface area contributed by atoms with Crippen LogP contribution in [0.2, 0.25) is 0 Å². The average Bonchev–Trinajstić information content (AvgIpc) is 2.37. The van der Waals surface area contributed by atoms with Gasteiger partial charge in [-0.1, -0.05) is 0 Å². The van der Waals surface area contributed by atoms with Crippen LogP contribution in [0.1, 0.15) is 27.6 Å². The van der Waals surface area contributed by atoms with Gasteiger partial charge in [-0.3, -0.25) is 14.9 Å². The van der Waals surface area contributed by atoms with Crippen LogP contribution in [0.4, 0.5) is 5.69 Å². The number of nitrogens with zero attached hydrogens (tertiary/aromatic N) is 1. The number of esters is 1. The fourth-order valence-corrected chi connectivity index (χ4v) is 1.38. The second-order valence-electron chi connectivity index (χ2n) is 3.20. The zero-order valence-electron chi connectivity index (χ0n) is 9.84. The van der Waals surface area contributed by atoms with E-state index in [4.69, 9.17) is 9.47 Å². The molecule has 0 radical (unpaired) electrons. The van der Waals surface area contributed by atoms with Gasteiger partial charge in [0.25, 0.3) is 5.69 Å². The molecule has 0 bridgehead atoms. The monoisotopic (exact) mass is 253 g/mol. The van der Waals surface area contributed by atoms with E-state index in [0.717, 1.165) is 6.07 Å². The molecule has 0 aliphatic rings. The van der Waals surface area contributed by atoms with Crippen molar-refractivity contribution >= 4 is 17.9 Å². The van der Waals surface area contributed by atoms with Crippen LogP contribution in [0.25, 0.3) is 0 Å². The fraction of sp³-hybridized carbons (Fsp3) is 0.273. The van der Waals surface area contributed by atoms with Gasteiger partial charge in [0.2, 0.25) is 0 Å². The van der Waals surface area contributed by atoms with Crippen LogP contribution in [0.15, 0.2) is 12.1 Å². The van der Waals surface area contributed by atoms with Crippen LogP contribution < -0.4 is 4.74 Å². The second-order valence-corrected chi connectivity index (χ2v) is 3.20. The summed E-state index contributed by atoms with van der Waals surface area (Å²) >= 11 is 0. The first-order valence-electron chi connectivity index (χ1n) is 5.03. The summed E-state index contributed by atoms with van der Waals surface area (Å²) in [6.45, 7) is 1.69. The third kappa shape index (κ3) is 2.62. The minimum Gasteiger partial charge on any atom is -0.496 e. The lowest BCUT2D eigenvalue weighted by Gasteiger charge is -2.07. The number of nitro benzene ring substituents is 1. The van der Waals surface area contributed by atoms with E-state index in [2.05, 4.69) is 0 Å². The van der Waals surface area contributed by atoms with Gasteiger partial charge in [-0.05, 0) is 13.0 Å². The molecule has 7 nitrogen and oxygen atoms in total. The fourth-order valence-electron chi connectivity index (χ4n) is 1.38. The predicted octanol–water partition coefficient (Wildman–Crippen LogP) is 1.59. The molecule has 0 saturated carbocycles. The number of aldehydes is 1. The van der Waals surface area contributed by atoms with Crippen molar-refractivity contribution in [1.29, 1.82) is 0 Å². The average molecular weight is 253 g/mol. The molecule has 0 saturated heterocycles. The Labute approximate surface area is 102 Å². The summed E-state index contributed by atoms with van der Waals surface area (Å²) in [5, 5.41) is 10.8. The number of methoxy groups -OCH3 is 1. The van der Waals surface area contributed by atoms with Crippen LogP contribution in [0.3, 0.4) is 0 Å². The first-order valence-corrected chi connectivity index (χ1v) is 5.03. The summed E-state index contributed by atoms with van der Waals surface area (Å²) in [5.41, 5.74) is -0.996. The van der Waals surface area contributed by atoms with Crippen molar-refractivity contribution in [3.8, 4) is 5.75 Å². The van der Waals surface area contributed by atoms with Crippen LogP contribution in [0.5, 0.6) is 5.75 Å². The molecule has 0 unspecified atom stereocenters. The van der Waals surface area contributed by atoms with Gasteiger partial charge in [-0.25, -0.2) is 4.79 Å². The Morgan fingerprint density at radius 2 is 2.17 bits per heavy atom. The number of carbonyl (C=O) groups excluding carboxylic acids is 2. The van der Waals surface area contributed by atoms with E-state index in [1.54, 1.807) is 6.92 Å². The van der Waals surface area contributed by atoms with E-state index in [9.17, 15) is 19.7 Å². The van der Waals surface area contributed by atoms with Crippen LogP contribution in [0, 0.1) is 10.1 Å². The minimum atomic E-state index is -0.804. The molecule has 96 valence electrons. The van der Waals surface area contributed by atoms with E-state index < -0.39 is 16.6 Å². The maximum atomic E-state index is 11.6. The van der Waals surface area contributed by atoms with Gasteiger partial charge >= 0.3 is 5.97 Å². The molecule has 7 heteroatoms. The van der Waals surface area contributed by atoms with Crippen molar-refractivity contribution in [3.05, 3.63) is 33.4 Å². The molecule has 0 amide bonds. The van der Waals surface area contributed by atoms with E-state index in [-0.39, 0.29) is 29.8 Å². The number of benzene rings is 1. The number of carbonyl (C=O) groups is 2. The largest absolute Gasteiger partial charge is 0.496 e. The summed E-state index contributed by atoms with van der Waals surface area (Å²) in [4.78, 5) is 32.6. The molecule has 0 N–H and O–H groups in total. The number of hydrogen-bond acceptors (Lipinski definition) is 6. The van der Waals surface area contributed by atoms with Gasteiger partial charge < -0.3 is 9.47 Å². The molecule has 0 spiro atoms. The highest BCUT2D eigenvalue weighted by atomic mass is 16.6. The summed E-state index contributed by atoms with van der Waals surface area (Å²) in [6, 6.07) is 2.31. The van der Waals surface area contributed by atoms with E-state index in [1.165, 1.54) is 13.2 Å². The Morgan fingerprint density at radius 3 is 2.61 bits per heavy atom. The normalized spacial score (nSPS) is 9.67. The highest BCUT2D eigenvalue weighted by molar-refractivity contribution is 6.01. The molecule has 0 aliphatic carbocycles. The molecule has 1 aromatic rings. The molecule has 0 aromatic heterocycles. The zero-order chi connectivity index (χ0) is 13.7. The van der Waals surface area contributed by atoms with Gasteiger partial charge in [0, 0.05) is 0 Å². The summed E-state index contributed by atoms with van der Waals surface area (Å²) in [6.07, 6.45) is 0.254. The molecule has 0 heterocycles. The number of hydrogen-bond donors (Lipinski definition) is 0. The lowest BCUT2D eigenvalue weighted by molar-refractivity contribution is -0.385. The lowest BCUT2D eigenvalue weighted by atomic mass is 10.1. The molecular weight excluding hydrogens is 242 g/mol. The van der Waals surface area contributed by atoms with E-state index in [0.29, 0.717) is 0 Å². The van der Waals surface area contributed by atoms with Gasteiger partial charge in [0.15, 0.2) is 6.29 Å². The lowest BCUT2D eigenvalue weighted by Crippen LogP contribution is -2.10. The Bertz CT molecular complexity index is 497. The van der Waals surface area contributed by atoms with Crippen LogP contribution in [-0.4, -0.2) is 30.9 Å². The second kappa shape index (κ2) is 5.76. The molecular formula is C11H11NO6. The predicted molar refractivity (Wildman–Crippen MR) is 61.0 cm³/mol. The number of ether oxygens (including phenoxy) is 2. The van der Waals surface area contributed by atoms with Gasteiger partial charge in [-0.2, -0.15) is 0 Å². The number of rotatable bonds is 5. The van der Waals surface area contributed by atoms with Crippen molar-refractivity contribution in [1.82, 2.24) is 0 Å². The third-order valence-electron chi connectivity index (χ3n) is 2.18. The maximum absolute atomic E-state index is 11.6. The Balaban J connectivity index is 3.46. The number of nitro groups is 1. The van der Waals surface area contributed by atoms with Gasteiger partial charge in [0.05, 0.1) is 30.3 Å². The first kappa shape index (κ1) is 13.6. The molecule has 1 aromatic carbocycles. The van der Waals surface area contributed by atoms with Crippen molar-refractivity contribution in [2.75, 3.05) is 13.7 Å². The molecule has 18 heavy (non-hydrogen) atoms. The zero-order valence-corrected chi connectivity index (χ0v) is 9.84. The van der Waals surface area contributed by atoms with E-state index in [1.807, 2.05) is 0 Å². The molecule has 0 fully saturated rings. The van der Waals surface area contributed by atoms with Crippen molar-refractivity contribution in [2.24, 2.45) is 0 Å². The van der Waals surface area contributed by atoms with Gasteiger partial charge in [0.1, 0.15) is 11.3 Å². The van der Waals surface area contributed by atoms with Crippen molar-refractivity contribution < 1.29 is 24.0 Å². The van der Waals surface area contributed by atoms with Crippen molar-refractivity contribution in [2.45, 2.75) is 6.92 Å². The Kier molecular flexibility index (Phi) is 4.36. The quantitative estimate of drug-likeness (QED) is 0.342. The standard InChI is InChI=1S/C11H11NO6/c1-3-18-11(14)8-4-7(17-2)5-10(12(15)16)9(8)6-13/h4-6H,3H2,1-2H3. The minimum absolute atomic E-state index is 0.0993. The third-order valence-corrected chi connectivity index (χ3v) is 2.18. The molecule has 0 aliphatic heterocycles.